The van der Waals surface area contributed by atoms with Gasteiger partial charge in [-0.25, -0.2) is 0 Å². The van der Waals surface area contributed by atoms with Crippen LogP contribution in [0.3, 0.4) is 0 Å². The molecule has 1 amide bonds. The van der Waals surface area contributed by atoms with E-state index in [-0.39, 0.29) is 5.91 Å². The molecule has 0 aliphatic carbocycles. The largest absolute Gasteiger partial charge is 0.349 e. The highest BCUT2D eigenvalue weighted by molar-refractivity contribution is 9.10. The number of benzene rings is 1. The average molecular weight is 268 g/mol. The van der Waals surface area contributed by atoms with E-state index < -0.39 is 0 Å². The Morgan fingerprint density at radius 1 is 1.53 bits per heavy atom. The predicted octanol–water partition coefficient (Wildman–Crippen LogP) is 3.06. The van der Waals surface area contributed by atoms with Crippen molar-refractivity contribution < 1.29 is 4.79 Å². The number of rotatable bonds is 3. The Labute approximate surface area is 98.5 Å². The molecule has 3 heteroatoms. The molecule has 1 N–H and O–H groups in total. The third kappa shape index (κ3) is 3.51. The first-order chi connectivity index (χ1) is 7.15. The summed E-state index contributed by atoms with van der Waals surface area (Å²) in [4.78, 5) is 11.7. The van der Waals surface area contributed by atoms with E-state index in [1.54, 1.807) is 0 Å². The van der Waals surface area contributed by atoms with Crippen molar-refractivity contribution in [3.63, 3.8) is 0 Å². The van der Waals surface area contributed by atoms with E-state index in [0.717, 1.165) is 10.0 Å². The van der Waals surface area contributed by atoms with Gasteiger partial charge in [-0.15, -0.1) is 0 Å². The third-order valence-corrected chi connectivity index (χ3v) is 2.55. The molecule has 2 nitrogen and oxygen atoms in total. The molecule has 0 saturated carbocycles. The molecule has 0 aliphatic rings. The van der Waals surface area contributed by atoms with Gasteiger partial charge in [-0.05, 0) is 31.5 Å². The van der Waals surface area contributed by atoms with E-state index in [1.807, 2.05) is 44.2 Å². The Bertz CT molecular complexity index is 385. The van der Waals surface area contributed by atoms with Gasteiger partial charge in [0, 0.05) is 16.6 Å². The minimum absolute atomic E-state index is 0.0353. The summed E-state index contributed by atoms with van der Waals surface area (Å²) in [5.41, 5.74) is 1.70. The van der Waals surface area contributed by atoms with Gasteiger partial charge in [-0.1, -0.05) is 34.1 Å². The number of nitrogens with one attached hydrogen (secondary N) is 1. The maximum Gasteiger partial charge on any atom is 0.251 e. The molecule has 1 rings (SSSR count). The van der Waals surface area contributed by atoms with Gasteiger partial charge in [0.05, 0.1) is 0 Å². The van der Waals surface area contributed by atoms with E-state index in [4.69, 9.17) is 0 Å². The molecule has 80 valence electrons. The lowest BCUT2D eigenvalue weighted by Crippen LogP contribution is -2.24. The molecule has 0 unspecified atom stereocenters. The second-order valence-corrected chi connectivity index (χ2v) is 4.15. The van der Waals surface area contributed by atoms with Crippen LogP contribution in [-0.4, -0.2) is 12.5 Å². The summed E-state index contributed by atoms with van der Waals surface area (Å²) < 4.78 is 0.921. The minimum atomic E-state index is -0.0353. The number of aryl methyl sites for hydroxylation is 1. The van der Waals surface area contributed by atoms with Crippen molar-refractivity contribution >= 4 is 21.8 Å². The molecule has 0 aromatic heterocycles. The van der Waals surface area contributed by atoms with Crippen LogP contribution in [0, 0.1) is 6.92 Å². The van der Waals surface area contributed by atoms with Gasteiger partial charge in [0.1, 0.15) is 0 Å². The molecule has 0 saturated heterocycles. The average Bonchev–Trinajstić information content (AvgIpc) is 2.22. The lowest BCUT2D eigenvalue weighted by molar-refractivity contribution is 0.0957. The highest BCUT2D eigenvalue weighted by Gasteiger charge is 2.07. The van der Waals surface area contributed by atoms with E-state index >= 15 is 0 Å². The topological polar surface area (TPSA) is 29.1 Å². The van der Waals surface area contributed by atoms with Crippen molar-refractivity contribution in [2.24, 2.45) is 0 Å². The van der Waals surface area contributed by atoms with Crippen LogP contribution in [0.25, 0.3) is 0 Å². The SMILES string of the molecule is C/C=C/CNC(=O)c1cc(Br)ccc1C. The van der Waals surface area contributed by atoms with E-state index in [9.17, 15) is 4.79 Å². The molecule has 0 bridgehead atoms. The maximum absolute atomic E-state index is 11.7. The number of hydrogen-bond donors (Lipinski definition) is 1. The van der Waals surface area contributed by atoms with Crippen molar-refractivity contribution in [2.45, 2.75) is 13.8 Å². The normalized spacial score (nSPS) is 10.6. The highest BCUT2D eigenvalue weighted by atomic mass is 79.9. The van der Waals surface area contributed by atoms with Gasteiger partial charge < -0.3 is 5.32 Å². The first kappa shape index (κ1) is 12.0. The number of carbonyl (C=O) groups excluding carboxylic acids is 1. The predicted molar refractivity (Wildman–Crippen MR) is 66.0 cm³/mol. The van der Waals surface area contributed by atoms with Crippen LogP contribution in [0.4, 0.5) is 0 Å². The third-order valence-electron chi connectivity index (χ3n) is 2.06. The molecule has 0 aliphatic heterocycles. The minimum Gasteiger partial charge on any atom is -0.349 e. The molecule has 1 aromatic carbocycles. The molecule has 1 aromatic rings. The Morgan fingerprint density at radius 2 is 2.27 bits per heavy atom. The van der Waals surface area contributed by atoms with Crippen molar-refractivity contribution in [1.82, 2.24) is 5.32 Å². The van der Waals surface area contributed by atoms with Crippen LogP contribution in [0.15, 0.2) is 34.8 Å². The molecule has 15 heavy (non-hydrogen) atoms. The van der Waals surface area contributed by atoms with Crippen LogP contribution < -0.4 is 5.32 Å². The molecular formula is C12H14BrNO. The zero-order valence-electron chi connectivity index (χ0n) is 8.88. The second kappa shape index (κ2) is 5.71. The summed E-state index contributed by atoms with van der Waals surface area (Å²) >= 11 is 3.35. The summed E-state index contributed by atoms with van der Waals surface area (Å²) in [5.74, 6) is -0.0353. The van der Waals surface area contributed by atoms with Crippen LogP contribution >= 0.6 is 15.9 Å². The standard InChI is InChI=1S/C12H14BrNO/c1-3-4-7-14-12(15)11-8-10(13)6-5-9(11)2/h3-6,8H,7H2,1-2H3,(H,14,15)/b4-3+. The quantitative estimate of drug-likeness (QED) is 0.839. The van der Waals surface area contributed by atoms with Crippen molar-refractivity contribution in [1.29, 1.82) is 0 Å². The smallest absolute Gasteiger partial charge is 0.251 e. The molecule has 0 fully saturated rings. The van der Waals surface area contributed by atoms with Gasteiger partial charge in [-0.3, -0.25) is 4.79 Å². The first-order valence-corrected chi connectivity index (χ1v) is 5.60. The van der Waals surface area contributed by atoms with Crippen LogP contribution in [0.2, 0.25) is 0 Å². The van der Waals surface area contributed by atoms with Gasteiger partial charge in [-0.2, -0.15) is 0 Å². The monoisotopic (exact) mass is 267 g/mol. The van der Waals surface area contributed by atoms with E-state index in [0.29, 0.717) is 12.1 Å². The molecule has 0 atom stereocenters. The van der Waals surface area contributed by atoms with Crippen molar-refractivity contribution in [2.75, 3.05) is 6.54 Å². The fraction of sp³-hybridized carbons (Fsp3) is 0.250. The fourth-order valence-electron chi connectivity index (χ4n) is 1.20. The Morgan fingerprint density at radius 3 is 2.93 bits per heavy atom. The second-order valence-electron chi connectivity index (χ2n) is 3.24. The first-order valence-electron chi connectivity index (χ1n) is 4.80. The van der Waals surface area contributed by atoms with Gasteiger partial charge >= 0.3 is 0 Å². The lowest BCUT2D eigenvalue weighted by Gasteiger charge is -2.06. The van der Waals surface area contributed by atoms with Gasteiger partial charge in [0.15, 0.2) is 0 Å². The molecule has 0 spiro atoms. The number of carbonyl (C=O) groups is 1. The van der Waals surface area contributed by atoms with E-state index in [2.05, 4.69) is 21.2 Å². The van der Waals surface area contributed by atoms with Crippen molar-refractivity contribution in [3.05, 3.63) is 46.0 Å². The summed E-state index contributed by atoms with van der Waals surface area (Å²) in [6.07, 6.45) is 3.82. The fourth-order valence-corrected chi connectivity index (χ4v) is 1.56. The Balaban J connectivity index is 2.77. The van der Waals surface area contributed by atoms with Crippen LogP contribution in [-0.2, 0) is 0 Å². The van der Waals surface area contributed by atoms with Crippen LogP contribution in [0.1, 0.15) is 22.8 Å². The summed E-state index contributed by atoms with van der Waals surface area (Å²) in [6, 6.07) is 5.69. The zero-order chi connectivity index (χ0) is 11.3. The lowest BCUT2D eigenvalue weighted by atomic mass is 10.1. The molecule has 0 radical (unpaired) electrons. The summed E-state index contributed by atoms with van der Waals surface area (Å²) in [7, 11) is 0. The summed E-state index contributed by atoms with van der Waals surface area (Å²) in [5, 5.41) is 2.82. The summed E-state index contributed by atoms with van der Waals surface area (Å²) in [6.45, 7) is 4.43. The zero-order valence-corrected chi connectivity index (χ0v) is 10.5. The maximum atomic E-state index is 11.7. The number of amides is 1. The Hall–Kier alpha value is -1.09. The van der Waals surface area contributed by atoms with Gasteiger partial charge in [0.25, 0.3) is 5.91 Å². The van der Waals surface area contributed by atoms with E-state index in [1.165, 1.54) is 0 Å². The number of hydrogen-bond acceptors (Lipinski definition) is 1. The highest BCUT2D eigenvalue weighted by Crippen LogP contribution is 2.15. The van der Waals surface area contributed by atoms with Gasteiger partial charge in [0.2, 0.25) is 0 Å². The van der Waals surface area contributed by atoms with Crippen molar-refractivity contribution in [3.8, 4) is 0 Å². The van der Waals surface area contributed by atoms with Crippen LogP contribution in [0.5, 0.6) is 0 Å². The number of halogens is 1. The molecule has 0 heterocycles. The molecular weight excluding hydrogens is 254 g/mol. The number of allylic oxidation sites excluding steroid dienone is 1. The Kier molecular flexibility index (Phi) is 4.56.